The fourth-order valence-electron chi connectivity index (χ4n) is 4.61. The number of imide groups is 1. The first kappa shape index (κ1) is 15.6. The highest BCUT2D eigenvalue weighted by Gasteiger charge is 2.51. The molecule has 1 spiro atoms. The molecule has 128 valence electrons. The van der Waals surface area contributed by atoms with E-state index in [2.05, 4.69) is 34.5 Å². The van der Waals surface area contributed by atoms with Gasteiger partial charge in [0.1, 0.15) is 5.54 Å². The Balaban J connectivity index is 1.49. The van der Waals surface area contributed by atoms with Crippen molar-refractivity contribution in [2.75, 3.05) is 13.7 Å². The maximum atomic E-state index is 12.9. The van der Waals surface area contributed by atoms with Crippen molar-refractivity contribution in [1.82, 2.24) is 15.1 Å². The summed E-state index contributed by atoms with van der Waals surface area (Å²) in [5.74, 6) is -0.0228. The molecule has 1 saturated carbocycles. The van der Waals surface area contributed by atoms with Gasteiger partial charge in [-0.1, -0.05) is 43.5 Å². The molecule has 1 aromatic rings. The molecule has 1 heterocycles. The zero-order chi connectivity index (χ0) is 16.7. The molecule has 0 aromatic heterocycles. The Hall–Kier alpha value is -1.88. The second kappa shape index (κ2) is 5.88. The van der Waals surface area contributed by atoms with E-state index in [4.69, 9.17) is 0 Å². The SMILES string of the molecule is CN(CN1C(=O)NC2(CCCCC2)C1=O)C1CCc2ccccc21. The van der Waals surface area contributed by atoms with E-state index in [0.29, 0.717) is 6.67 Å². The Bertz CT molecular complexity index is 666. The average Bonchev–Trinajstić information content (AvgIpc) is 3.11. The van der Waals surface area contributed by atoms with E-state index < -0.39 is 5.54 Å². The van der Waals surface area contributed by atoms with Gasteiger partial charge < -0.3 is 5.32 Å². The predicted molar refractivity (Wildman–Crippen MR) is 91.3 cm³/mol. The molecule has 5 heteroatoms. The highest BCUT2D eigenvalue weighted by atomic mass is 16.2. The Labute approximate surface area is 143 Å². The predicted octanol–water partition coefficient (Wildman–Crippen LogP) is 2.82. The van der Waals surface area contributed by atoms with E-state index in [1.54, 1.807) is 0 Å². The lowest BCUT2D eigenvalue weighted by molar-refractivity contribution is -0.134. The van der Waals surface area contributed by atoms with Crippen molar-refractivity contribution >= 4 is 11.9 Å². The summed E-state index contributed by atoms with van der Waals surface area (Å²) >= 11 is 0. The lowest BCUT2D eigenvalue weighted by Crippen LogP contribution is -2.49. The van der Waals surface area contributed by atoms with Gasteiger partial charge in [-0.05, 0) is 43.9 Å². The third-order valence-corrected chi connectivity index (χ3v) is 5.95. The first-order valence-electron chi connectivity index (χ1n) is 9.03. The number of nitrogens with one attached hydrogen (secondary N) is 1. The van der Waals surface area contributed by atoms with Crippen LogP contribution < -0.4 is 5.32 Å². The van der Waals surface area contributed by atoms with Crippen LogP contribution in [-0.4, -0.2) is 41.0 Å². The second-order valence-electron chi connectivity index (χ2n) is 7.46. The number of benzene rings is 1. The van der Waals surface area contributed by atoms with Crippen molar-refractivity contribution in [3.05, 3.63) is 35.4 Å². The van der Waals surface area contributed by atoms with Crippen molar-refractivity contribution in [2.24, 2.45) is 0 Å². The first-order chi connectivity index (χ1) is 11.6. The minimum absolute atomic E-state index is 0.0228. The summed E-state index contributed by atoms with van der Waals surface area (Å²) in [5.41, 5.74) is 2.10. The van der Waals surface area contributed by atoms with E-state index in [9.17, 15) is 9.59 Å². The molecule has 1 aromatic carbocycles. The van der Waals surface area contributed by atoms with E-state index in [0.717, 1.165) is 44.9 Å². The van der Waals surface area contributed by atoms with Gasteiger partial charge in [-0.25, -0.2) is 9.69 Å². The molecule has 3 aliphatic rings. The van der Waals surface area contributed by atoms with Crippen molar-refractivity contribution in [3.63, 3.8) is 0 Å². The minimum Gasteiger partial charge on any atom is -0.323 e. The third kappa shape index (κ3) is 2.42. The van der Waals surface area contributed by atoms with Crippen LogP contribution in [0.5, 0.6) is 0 Å². The quantitative estimate of drug-likeness (QED) is 0.869. The lowest BCUT2D eigenvalue weighted by Gasteiger charge is -2.32. The summed E-state index contributed by atoms with van der Waals surface area (Å²) in [7, 11) is 2.01. The van der Waals surface area contributed by atoms with E-state index >= 15 is 0 Å². The molecule has 1 unspecified atom stereocenters. The van der Waals surface area contributed by atoms with Gasteiger partial charge in [0, 0.05) is 6.04 Å². The van der Waals surface area contributed by atoms with Crippen LogP contribution >= 0.6 is 0 Å². The molecule has 2 aliphatic carbocycles. The molecular weight excluding hydrogens is 302 g/mol. The Morgan fingerprint density at radius 3 is 2.75 bits per heavy atom. The number of amides is 3. The van der Waals surface area contributed by atoms with Gasteiger partial charge in [-0.3, -0.25) is 9.69 Å². The number of carbonyl (C=O) groups is 2. The number of urea groups is 1. The second-order valence-corrected chi connectivity index (χ2v) is 7.46. The molecule has 0 radical (unpaired) electrons. The average molecular weight is 327 g/mol. The highest BCUT2D eigenvalue weighted by molar-refractivity contribution is 6.07. The van der Waals surface area contributed by atoms with E-state index in [1.165, 1.54) is 16.0 Å². The standard InChI is InChI=1S/C19H25N3O2/c1-21(16-10-9-14-7-3-4-8-15(14)16)13-22-17(23)19(20-18(22)24)11-5-2-6-12-19/h3-4,7-8,16H,2,5-6,9-13H2,1H3,(H,20,24). The number of nitrogens with zero attached hydrogens (tertiary/aromatic N) is 2. The smallest absolute Gasteiger partial charge is 0.323 e. The first-order valence-corrected chi connectivity index (χ1v) is 9.03. The molecule has 0 bridgehead atoms. The van der Waals surface area contributed by atoms with Crippen LogP contribution in [0.15, 0.2) is 24.3 Å². The zero-order valence-electron chi connectivity index (χ0n) is 14.3. The minimum atomic E-state index is -0.621. The number of aryl methyl sites for hydroxylation is 1. The van der Waals surface area contributed by atoms with Gasteiger partial charge in [0.2, 0.25) is 0 Å². The molecule has 3 amide bonds. The molecule has 1 saturated heterocycles. The molecule has 1 aliphatic heterocycles. The fraction of sp³-hybridized carbons (Fsp3) is 0.579. The summed E-state index contributed by atoms with van der Waals surface area (Å²) in [5, 5.41) is 2.99. The molecule has 5 nitrogen and oxygen atoms in total. The van der Waals surface area contributed by atoms with Gasteiger partial charge in [0.25, 0.3) is 5.91 Å². The summed E-state index contributed by atoms with van der Waals surface area (Å²) < 4.78 is 0. The van der Waals surface area contributed by atoms with Gasteiger partial charge >= 0.3 is 6.03 Å². The van der Waals surface area contributed by atoms with Gasteiger partial charge in [-0.15, -0.1) is 0 Å². The number of hydrogen-bond donors (Lipinski definition) is 1. The highest BCUT2D eigenvalue weighted by Crippen LogP contribution is 2.37. The fourth-order valence-corrected chi connectivity index (χ4v) is 4.61. The summed E-state index contributed by atoms with van der Waals surface area (Å²) in [6.45, 7) is 0.366. The van der Waals surface area contributed by atoms with Crippen LogP contribution in [0.2, 0.25) is 0 Å². The van der Waals surface area contributed by atoms with Crippen LogP contribution in [0.1, 0.15) is 55.7 Å². The van der Waals surface area contributed by atoms with Gasteiger partial charge in [0.05, 0.1) is 6.67 Å². The van der Waals surface area contributed by atoms with Crippen LogP contribution in [0.4, 0.5) is 4.79 Å². The topological polar surface area (TPSA) is 52.6 Å². The largest absolute Gasteiger partial charge is 0.326 e. The molecule has 2 fully saturated rings. The number of fused-ring (bicyclic) bond motifs is 1. The normalized spacial score (nSPS) is 25.4. The monoisotopic (exact) mass is 327 g/mol. The van der Waals surface area contributed by atoms with Crippen LogP contribution in [-0.2, 0) is 11.2 Å². The zero-order valence-corrected chi connectivity index (χ0v) is 14.3. The van der Waals surface area contributed by atoms with Crippen LogP contribution in [0, 0.1) is 0 Å². The number of hydrogen-bond acceptors (Lipinski definition) is 3. The van der Waals surface area contributed by atoms with Gasteiger partial charge in [0.15, 0.2) is 0 Å². The number of rotatable bonds is 3. The van der Waals surface area contributed by atoms with E-state index in [1.807, 2.05) is 7.05 Å². The van der Waals surface area contributed by atoms with Crippen molar-refractivity contribution in [1.29, 1.82) is 0 Å². The Kier molecular flexibility index (Phi) is 3.83. The van der Waals surface area contributed by atoms with Crippen LogP contribution in [0.3, 0.4) is 0 Å². The van der Waals surface area contributed by atoms with Crippen molar-refractivity contribution in [3.8, 4) is 0 Å². The molecular formula is C19H25N3O2. The van der Waals surface area contributed by atoms with Crippen LogP contribution in [0.25, 0.3) is 0 Å². The summed E-state index contributed by atoms with van der Waals surface area (Å²) in [6.07, 6.45) is 6.87. The number of carbonyl (C=O) groups excluding carboxylic acids is 2. The lowest BCUT2D eigenvalue weighted by atomic mass is 9.82. The van der Waals surface area contributed by atoms with Crippen molar-refractivity contribution < 1.29 is 9.59 Å². The van der Waals surface area contributed by atoms with E-state index in [-0.39, 0.29) is 18.0 Å². The molecule has 1 N–H and O–H groups in total. The Morgan fingerprint density at radius 2 is 1.96 bits per heavy atom. The maximum absolute atomic E-state index is 12.9. The molecule has 1 atom stereocenters. The molecule has 24 heavy (non-hydrogen) atoms. The van der Waals surface area contributed by atoms with Gasteiger partial charge in [-0.2, -0.15) is 0 Å². The Morgan fingerprint density at radius 1 is 1.21 bits per heavy atom. The maximum Gasteiger partial charge on any atom is 0.326 e. The van der Waals surface area contributed by atoms with Crippen molar-refractivity contribution in [2.45, 2.75) is 56.5 Å². The molecule has 4 rings (SSSR count). The summed E-state index contributed by atoms with van der Waals surface area (Å²) in [6, 6.07) is 8.54. The summed E-state index contributed by atoms with van der Waals surface area (Å²) in [4.78, 5) is 28.9. The third-order valence-electron chi connectivity index (χ3n) is 5.95.